The Bertz CT molecular complexity index is 1340. The van der Waals surface area contributed by atoms with Gasteiger partial charge in [0.15, 0.2) is 5.58 Å². The average molecular weight is 450 g/mol. The van der Waals surface area contributed by atoms with E-state index in [1.807, 2.05) is 0 Å². The highest BCUT2D eigenvalue weighted by Gasteiger charge is 2.32. The molecule has 1 aliphatic rings. The molecule has 1 unspecified atom stereocenters. The number of carbonyl (C=O) groups is 2. The predicted octanol–water partition coefficient (Wildman–Crippen LogP) is 2.80. The summed E-state index contributed by atoms with van der Waals surface area (Å²) in [5.41, 5.74) is 3.24. The number of fused-ring (bicyclic) bond motifs is 1. The number of halogens is 1. The topological polar surface area (TPSA) is 126 Å². The van der Waals surface area contributed by atoms with Crippen molar-refractivity contribution < 1.29 is 23.1 Å². The molecular formula is C22H19FN6O4. The van der Waals surface area contributed by atoms with Crippen molar-refractivity contribution in [3.8, 4) is 11.1 Å². The van der Waals surface area contributed by atoms with E-state index in [4.69, 9.17) is 9.15 Å². The number of aromatic nitrogens is 4. The number of H-pyrrole nitrogens is 1. The Hall–Kier alpha value is -4.28. The van der Waals surface area contributed by atoms with Crippen LogP contribution in [-0.4, -0.2) is 51.6 Å². The minimum Gasteiger partial charge on any atom is -0.442 e. The van der Waals surface area contributed by atoms with E-state index in [9.17, 15) is 9.59 Å². The summed E-state index contributed by atoms with van der Waals surface area (Å²) in [4.78, 5) is 29.1. The van der Waals surface area contributed by atoms with Crippen molar-refractivity contribution in [1.29, 1.82) is 0 Å². The molecule has 3 heterocycles. The molecule has 168 valence electrons. The smallest absolute Gasteiger partial charge is 0.414 e. The monoisotopic (exact) mass is 450 g/mol. The summed E-state index contributed by atoms with van der Waals surface area (Å²) in [7, 11) is 0. The quantitative estimate of drug-likeness (QED) is 0.463. The van der Waals surface area contributed by atoms with Gasteiger partial charge in [0.25, 0.3) is 0 Å². The number of benzene rings is 2. The molecule has 2 amide bonds. The maximum Gasteiger partial charge on any atom is 0.414 e. The first-order valence-corrected chi connectivity index (χ1v) is 10.2. The molecule has 5 rings (SSSR count). The Morgan fingerprint density at radius 2 is 2.18 bits per heavy atom. The summed E-state index contributed by atoms with van der Waals surface area (Å²) in [5.74, 6) is -0.223. The Balaban J connectivity index is 1.35. The number of rotatable bonds is 6. The van der Waals surface area contributed by atoms with Crippen LogP contribution in [0.25, 0.3) is 22.2 Å². The van der Waals surface area contributed by atoms with Crippen molar-refractivity contribution in [1.82, 2.24) is 25.7 Å². The van der Waals surface area contributed by atoms with Crippen LogP contribution in [0.3, 0.4) is 0 Å². The lowest BCUT2D eigenvalue weighted by atomic mass is 10.0. The van der Waals surface area contributed by atoms with Crippen LogP contribution in [0.5, 0.6) is 0 Å². The number of oxazole rings is 1. The lowest BCUT2D eigenvalue weighted by Crippen LogP contribution is -2.33. The van der Waals surface area contributed by atoms with E-state index in [0.29, 0.717) is 45.9 Å². The zero-order valence-electron chi connectivity index (χ0n) is 17.5. The standard InChI is InChI=1S/C22H19FN6O4/c1-12(30)24-10-16-11-29(22(31)32-16)15-3-4-17(18(23)8-15)13-2-5-20-19(6-13)26-21(33-20)7-14-9-25-28-27-14/h2-6,8-9,16H,7,10-11H2,1H3,(H,24,30)(H,25,27,28). The summed E-state index contributed by atoms with van der Waals surface area (Å²) in [5, 5.41) is 12.9. The highest BCUT2D eigenvalue weighted by molar-refractivity contribution is 5.90. The van der Waals surface area contributed by atoms with Crippen LogP contribution in [0.1, 0.15) is 18.5 Å². The number of nitrogens with one attached hydrogen (secondary N) is 2. The molecule has 1 saturated heterocycles. The molecule has 4 aromatic rings. The number of cyclic esters (lactones) is 1. The molecule has 1 atom stereocenters. The Morgan fingerprint density at radius 3 is 2.94 bits per heavy atom. The number of hydrogen-bond donors (Lipinski definition) is 2. The van der Waals surface area contributed by atoms with Crippen molar-refractivity contribution in [2.24, 2.45) is 0 Å². The third kappa shape index (κ3) is 4.25. The van der Waals surface area contributed by atoms with E-state index in [2.05, 4.69) is 25.7 Å². The second-order valence-corrected chi connectivity index (χ2v) is 7.65. The van der Waals surface area contributed by atoms with Crippen LogP contribution in [0.15, 0.2) is 47.0 Å². The number of hydrogen-bond acceptors (Lipinski definition) is 7. The first kappa shape index (κ1) is 20.6. The van der Waals surface area contributed by atoms with Crippen molar-refractivity contribution in [2.75, 3.05) is 18.0 Å². The van der Waals surface area contributed by atoms with E-state index in [-0.39, 0.29) is 19.0 Å². The number of anilines is 1. The predicted molar refractivity (Wildman–Crippen MR) is 115 cm³/mol. The van der Waals surface area contributed by atoms with Gasteiger partial charge in [-0.25, -0.2) is 14.2 Å². The van der Waals surface area contributed by atoms with Gasteiger partial charge in [-0.3, -0.25) is 9.69 Å². The first-order chi connectivity index (χ1) is 16.0. The zero-order valence-corrected chi connectivity index (χ0v) is 17.5. The average Bonchev–Trinajstić information content (AvgIpc) is 3.51. The second-order valence-electron chi connectivity index (χ2n) is 7.65. The Labute approximate surface area is 186 Å². The van der Waals surface area contributed by atoms with Gasteiger partial charge in [0.1, 0.15) is 17.4 Å². The van der Waals surface area contributed by atoms with Gasteiger partial charge in [-0.1, -0.05) is 6.07 Å². The summed E-state index contributed by atoms with van der Waals surface area (Å²) < 4.78 is 26.0. The molecule has 2 aromatic carbocycles. The van der Waals surface area contributed by atoms with E-state index < -0.39 is 18.0 Å². The number of carbonyl (C=O) groups excluding carboxylic acids is 2. The van der Waals surface area contributed by atoms with Gasteiger partial charge in [-0.2, -0.15) is 15.4 Å². The van der Waals surface area contributed by atoms with E-state index in [1.165, 1.54) is 17.9 Å². The van der Waals surface area contributed by atoms with Crippen LogP contribution in [-0.2, 0) is 16.0 Å². The Morgan fingerprint density at radius 1 is 1.30 bits per heavy atom. The molecule has 0 aliphatic carbocycles. The third-order valence-electron chi connectivity index (χ3n) is 5.26. The van der Waals surface area contributed by atoms with Crippen molar-refractivity contribution in [3.05, 3.63) is 60.0 Å². The molecule has 33 heavy (non-hydrogen) atoms. The molecule has 2 aromatic heterocycles. The molecule has 0 saturated carbocycles. The summed E-state index contributed by atoms with van der Waals surface area (Å²) in [6.07, 6.45) is 0.903. The van der Waals surface area contributed by atoms with Crippen molar-refractivity contribution >= 4 is 28.8 Å². The van der Waals surface area contributed by atoms with Gasteiger partial charge >= 0.3 is 6.09 Å². The van der Waals surface area contributed by atoms with Crippen LogP contribution in [0.4, 0.5) is 14.9 Å². The third-order valence-corrected chi connectivity index (χ3v) is 5.26. The molecule has 10 nitrogen and oxygen atoms in total. The maximum atomic E-state index is 15.0. The number of aromatic amines is 1. The van der Waals surface area contributed by atoms with Crippen molar-refractivity contribution in [2.45, 2.75) is 19.4 Å². The van der Waals surface area contributed by atoms with Crippen LogP contribution >= 0.6 is 0 Å². The zero-order chi connectivity index (χ0) is 22.9. The van der Waals surface area contributed by atoms with E-state index >= 15 is 4.39 Å². The minimum absolute atomic E-state index is 0.203. The first-order valence-electron chi connectivity index (χ1n) is 10.2. The molecular weight excluding hydrogens is 431 g/mol. The molecule has 2 N–H and O–H groups in total. The minimum atomic E-state index is -0.582. The molecule has 11 heteroatoms. The van der Waals surface area contributed by atoms with Crippen LogP contribution < -0.4 is 10.2 Å². The molecule has 0 bridgehead atoms. The number of nitrogens with zero attached hydrogens (tertiary/aromatic N) is 4. The summed E-state index contributed by atoms with van der Waals surface area (Å²) in [6, 6.07) is 9.79. The largest absolute Gasteiger partial charge is 0.442 e. The fourth-order valence-electron chi connectivity index (χ4n) is 3.69. The second kappa shape index (κ2) is 8.34. The van der Waals surface area contributed by atoms with Gasteiger partial charge in [0, 0.05) is 12.5 Å². The van der Waals surface area contributed by atoms with Gasteiger partial charge < -0.3 is 14.5 Å². The van der Waals surface area contributed by atoms with Gasteiger partial charge in [0.2, 0.25) is 11.8 Å². The van der Waals surface area contributed by atoms with Gasteiger partial charge in [-0.15, -0.1) is 0 Å². The summed E-state index contributed by atoms with van der Waals surface area (Å²) >= 11 is 0. The van der Waals surface area contributed by atoms with Gasteiger partial charge in [0.05, 0.1) is 37.1 Å². The highest BCUT2D eigenvalue weighted by atomic mass is 19.1. The lowest BCUT2D eigenvalue weighted by molar-refractivity contribution is -0.119. The van der Waals surface area contributed by atoms with Crippen molar-refractivity contribution in [3.63, 3.8) is 0 Å². The Kier molecular flexibility index (Phi) is 5.21. The molecule has 1 aliphatic heterocycles. The molecule has 0 spiro atoms. The summed E-state index contributed by atoms with van der Waals surface area (Å²) in [6.45, 7) is 1.81. The fourth-order valence-corrected chi connectivity index (χ4v) is 3.69. The number of amides is 2. The molecule has 1 fully saturated rings. The highest BCUT2D eigenvalue weighted by Crippen LogP contribution is 2.31. The van der Waals surface area contributed by atoms with E-state index in [0.717, 1.165) is 0 Å². The fraction of sp³-hybridized carbons (Fsp3) is 0.227. The molecule has 0 radical (unpaired) electrons. The number of ether oxygens (including phenoxy) is 1. The lowest BCUT2D eigenvalue weighted by Gasteiger charge is -2.14. The van der Waals surface area contributed by atoms with E-state index in [1.54, 1.807) is 36.5 Å². The van der Waals surface area contributed by atoms with Crippen LogP contribution in [0, 0.1) is 5.82 Å². The normalized spacial score (nSPS) is 15.8. The van der Waals surface area contributed by atoms with Gasteiger partial charge in [-0.05, 0) is 35.9 Å². The maximum absolute atomic E-state index is 15.0. The van der Waals surface area contributed by atoms with Crippen LogP contribution in [0.2, 0.25) is 0 Å². The SMILES string of the molecule is CC(=O)NCC1CN(c2ccc(-c3ccc4oc(Cc5cn[nH]n5)nc4c3)c(F)c2)C(=O)O1.